The molecular weight excluding hydrogens is 300 g/mol. The molecule has 0 spiro atoms. The van der Waals surface area contributed by atoms with Gasteiger partial charge < -0.3 is 19.8 Å². The molecule has 122 valence electrons. The molecule has 1 heterocycles. The number of nitrogens with zero attached hydrogens (tertiary/aromatic N) is 2. The number of ether oxygens (including phenoxy) is 1. The predicted molar refractivity (Wildman–Crippen MR) is 79.6 cm³/mol. The Balaban J connectivity index is 1.99. The van der Waals surface area contributed by atoms with Crippen LogP contribution in [0.15, 0.2) is 24.3 Å². The van der Waals surface area contributed by atoms with E-state index in [1.54, 1.807) is 31.2 Å². The van der Waals surface area contributed by atoms with E-state index in [-0.39, 0.29) is 31.8 Å². The van der Waals surface area contributed by atoms with E-state index in [0.717, 1.165) is 0 Å². The first kappa shape index (κ1) is 16.8. The van der Waals surface area contributed by atoms with Gasteiger partial charge in [0.2, 0.25) is 0 Å². The van der Waals surface area contributed by atoms with Crippen LogP contribution in [0.2, 0.25) is 0 Å². The first-order valence-electron chi connectivity index (χ1n) is 7.28. The molecule has 0 saturated carbocycles. The van der Waals surface area contributed by atoms with Crippen LogP contribution >= 0.6 is 0 Å². The number of para-hydroxylation sites is 1. The molecule has 1 aliphatic rings. The molecule has 1 atom stereocenters. The number of aliphatic hydroxyl groups is 1. The summed E-state index contributed by atoms with van der Waals surface area (Å²) in [6.07, 6.45) is -0.842. The monoisotopic (exact) mass is 318 g/mol. The largest absolute Gasteiger partial charge is 0.480 e. The molecule has 1 saturated heterocycles. The maximum absolute atomic E-state index is 12.4. The number of nitriles is 1. The fraction of sp³-hybridized carbons (Fsp3) is 0.438. The summed E-state index contributed by atoms with van der Waals surface area (Å²) in [5, 5.41) is 27.9. The summed E-state index contributed by atoms with van der Waals surface area (Å²) in [4.78, 5) is 24.8. The van der Waals surface area contributed by atoms with Crippen molar-refractivity contribution < 1.29 is 24.5 Å². The number of piperidine rings is 1. The minimum Gasteiger partial charge on any atom is -0.480 e. The molecule has 0 radical (unpaired) electrons. The quantitative estimate of drug-likeness (QED) is 0.848. The van der Waals surface area contributed by atoms with E-state index in [4.69, 9.17) is 15.1 Å². The molecule has 1 amide bonds. The maximum Gasteiger partial charge on any atom is 0.335 e. The third kappa shape index (κ3) is 3.60. The molecule has 1 aromatic carbocycles. The lowest BCUT2D eigenvalue weighted by Crippen LogP contribution is -2.53. The summed E-state index contributed by atoms with van der Waals surface area (Å²) in [7, 11) is 0. The zero-order valence-electron chi connectivity index (χ0n) is 12.7. The number of carboxylic acids is 1. The van der Waals surface area contributed by atoms with Crippen molar-refractivity contribution in [2.24, 2.45) is 0 Å². The average molecular weight is 318 g/mol. The second-order valence-corrected chi connectivity index (χ2v) is 5.53. The van der Waals surface area contributed by atoms with Gasteiger partial charge in [-0.05, 0) is 19.1 Å². The minimum absolute atomic E-state index is 0.0183. The lowest BCUT2D eigenvalue weighted by atomic mass is 9.91. The Morgan fingerprint density at radius 1 is 1.35 bits per heavy atom. The molecule has 0 bridgehead atoms. The Bertz CT molecular complexity index is 644. The number of carboxylic acid groups (broad SMARTS) is 1. The summed E-state index contributed by atoms with van der Waals surface area (Å²) in [6.45, 7) is 1.87. The molecule has 2 rings (SSSR count). The number of rotatable bonds is 4. The SMILES string of the molecule is CC(Oc1ccccc1C#N)C(=O)N1CCC(O)(C(=O)O)CC1. The fourth-order valence-corrected chi connectivity index (χ4v) is 2.47. The van der Waals surface area contributed by atoms with Crippen LogP contribution < -0.4 is 4.74 Å². The molecule has 7 nitrogen and oxygen atoms in total. The van der Waals surface area contributed by atoms with E-state index in [9.17, 15) is 14.7 Å². The molecule has 1 unspecified atom stereocenters. The summed E-state index contributed by atoms with van der Waals surface area (Å²) >= 11 is 0. The highest BCUT2D eigenvalue weighted by Crippen LogP contribution is 2.24. The van der Waals surface area contributed by atoms with E-state index in [1.165, 1.54) is 4.90 Å². The number of aliphatic carboxylic acids is 1. The predicted octanol–water partition coefficient (Wildman–Crippen LogP) is 0.764. The molecule has 2 N–H and O–H groups in total. The molecule has 23 heavy (non-hydrogen) atoms. The Morgan fingerprint density at radius 2 is 1.96 bits per heavy atom. The third-order valence-electron chi connectivity index (χ3n) is 3.96. The van der Waals surface area contributed by atoms with Crippen molar-refractivity contribution in [1.29, 1.82) is 5.26 Å². The minimum atomic E-state index is -1.77. The van der Waals surface area contributed by atoms with Gasteiger partial charge in [-0.2, -0.15) is 5.26 Å². The van der Waals surface area contributed by atoms with Gasteiger partial charge in [0, 0.05) is 25.9 Å². The van der Waals surface area contributed by atoms with Crippen molar-refractivity contribution in [1.82, 2.24) is 4.90 Å². The topological polar surface area (TPSA) is 111 Å². The average Bonchev–Trinajstić information content (AvgIpc) is 2.55. The van der Waals surface area contributed by atoms with Crippen LogP contribution in [-0.4, -0.2) is 51.8 Å². The Morgan fingerprint density at radius 3 is 2.52 bits per heavy atom. The van der Waals surface area contributed by atoms with Crippen molar-refractivity contribution in [3.63, 3.8) is 0 Å². The molecule has 0 aliphatic carbocycles. The van der Waals surface area contributed by atoms with Crippen LogP contribution in [0.1, 0.15) is 25.3 Å². The fourth-order valence-electron chi connectivity index (χ4n) is 2.47. The van der Waals surface area contributed by atoms with Crippen LogP contribution in [0.4, 0.5) is 0 Å². The highest BCUT2D eigenvalue weighted by Gasteiger charge is 2.41. The first-order chi connectivity index (χ1) is 10.9. The number of hydrogen-bond acceptors (Lipinski definition) is 5. The lowest BCUT2D eigenvalue weighted by molar-refractivity contribution is -0.166. The highest BCUT2D eigenvalue weighted by molar-refractivity contribution is 5.82. The van der Waals surface area contributed by atoms with Gasteiger partial charge in [0.25, 0.3) is 5.91 Å². The Kier molecular flexibility index (Phi) is 4.86. The van der Waals surface area contributed by atoms with Crippen molar-refractivity contribution in [2.75, 3.05) is 13.1 Å². The van der Waals surface area contributed by atoms with Crippen LogP contribution in [-0.2, 0) is 9.59 Å². The summed E-state index contributed by atoms with van der Waals surface area (Å²) < 4.78 is 5.56. The smallest absolute Gasteiger partial charge is 0.335 e. The zero-order chi connectivity index (χ0) is 17.0. The number of likely N-dealkylation sites (tertiary alicyclic amines) is 1. The number of carbonyl (C=O) groups excluding carboxylic acids is 1. The van der Waals surface area contributed by atoms with Gasteiger partial charge in [-0.25, -0.2) is 4.79 Å². The zero-order valence-corrected chi connectivity index (χ0v) is 12.7. The van der Waals surface area contributed by atoms with Crippen molar-refractivity contribution in [2.45, 2.75) is 31.5 Å². The molecule has 1 aliphatic heterocycles. The molecule has 1 aromatic rings. The standard InChI is InChI=1S/C16H18N2O5/c1-11(23-13-5-3-2-4-12(13)10-17)14(19)18-8-6-16(22,7-9-18)15(20)21/h2-5,11,22H,6-9H2,1H3,(H,20,21). The van der Waals surface area contributed by atoms with Gasteiger partial charge in [0.05, 0.1) is 5.56 Å². The van der Waals surface area contributed by atoms with Crippen LogP contribution in [0.25, 0.3) is 0 Å². The van der Waals surface area contributed by atoms with Gasteiger partial charge in [-0.1, -0.05) is 12.1 Å². The normalized spacial score (nSPS) is 17.9. The summed E-state index contributed by atoms with van der Waals surface area (Å²) in [6, 6.07) is 8.62. The molecule has 7 heteroatoms. The van der Waals surface area contributed by atoms with Gasteiger partial charge in [-0.3, -0.25) is 4.79 Å². The second-order valence-electron chi connectivity index (χ2n) is 5.53. The summed E-state index contributed by atoms with van der Waals surface area (Å²) in [5.74, 6) is -1.24. The molecule has 0 aromatic heterocycles. The van der Waals surface area contributed by atoms with E-state index < -0.39 is 17.7 Å². The molecule has 1 fully saturated rings. The number of benzene rings is 1. The highest BCUT2D eigenvalue weighted by atomic mass is 16.5. The molecular formula is C16H18N2O5. The maximum atomic E-state index is 12.4. The van der Waals surface area contributed by atoms with E-state index in [2.05, 4.69) is 0 Å². The Hall–Kier alpha value is -2.59. The van der Waals surface area contributed by atoms with E-state index in [0.29, 0.717) is 11.3 Å². The van der Waals surface area contributed by atoms with Gasteiger partial charge in [0.1, 0.15) is 11.8 Å². The van der Waals surface area contributed by atoms with Crippen LogP contribution in [0.5, 0.6) is 5.75 Å². The summed E-state index contributed by atoms with van der Waals surface area (Å²) in [5.41, 5.74) is -1.43. The first-order valence-corrected chi connectivity index (χ1v) is 7.28. The third-order valence-corrected chi connectivity index (χ3v) is 3.96. The van der Waals surface area contributed by atoms with Gasteiger partial charge in [0.15, 0.2) is 11.7 Å². The van der Waals surface area contributed by atoms with Crippen molar-refractivity contribution in [3.8, 4) is 11.8 Å². The second kappa shape index (κ2) is 6.67. The van der Waals surface area contributed by atoms with Gasteiger partial charge >= 0.3 is 5.97 Å². The van der Waals surface area contributed by atoms with Crippen LogP contribution in [0.3, 0.4) is 0 Å². The van der Waals surface area contributed by atoms with E-state index >= 15 is 0 Å². The Labute approximate surface area is 133 Å². The van der Waals surface area contributed by atoms with Crippen molar-refractivity contribution in [3.05, 3.63) is 29.8 Å². The van der Waals surface area contributed by atoms with E-state index in [1.807, 2.05) is 6.07 Å². The lowest BCUT2D eigenvalue weighted by Gasteiger charge is -2.36. The number of hydrogen-bond donors (Lipinski definition) is 2. The van der Waals surface area contributed by atoms with Crippen LogP contribution in [0, 0.1) is 11.3 Å². The number of carbonyl (C=O) groups is 2. The van der Waals surface area contributed by atoms with Crippen molar-refractivity contribution >= 4 is 11.9 Å². The van der Waals surface area contributed by atoms with Gasteiger partial charge in [-0.15, -0.1) is 0 Å². The number of amides is 1.